The minimum Gasteiger partial charge on any atom is -0.376 e. The number of likely N-dealkylation sites (tertiary alicyclic amines) is 1. The summed E-state index contributed by atoms with van der Waals surface area (Å²) in [6, 6.07) is -0.00340. The highest BCUT2D eigenvalue weighted by molar-refractivity contribution is 5.80. The van der Waals surface area contributed by atoms with Crippen LogP contribution in [0.3, 0.4) is 0 Å². The lowest BCUT2D eigenvalue weighted by Gasteiger charge is -2.20. The highest BCUT2D eigenvalue weighted by atomic mass is 19.4. The van der Waals surface area contributed by atoms with Crippen molar-refractivity contribution in [2.24, 2.45) is 4.99 Å². The van der Waals surface area contributed by atoms with Gasteiger partial charge in [-0.2, -0.15) is 13.2 Å². The molecule has 0 radical (unpaired) electrons. The maximum Gasteiger partial charge on any atom is 0.401 e. The molecule has 0 bridgehead atoms. The number of rotatable bonds is 6. The molecule has 1 saturated carbocycles. The Hall–Kier alpha value is -1.02. The zero-order chi connectivity index (χ0) is 18.1. The molecule has 0 amide bonds. The molecule has 2 fully saturated rings. The first kappa shape index (κ1) is 20.3. The van der Waals surface area contributed by atoms with Gasteiger partial charge in [-0.25, -0.2) is 0 Å². The number of guanidine groups is 1. The van der Waals surface area contributed by atoms with Crippen molar-refractivity contribution in [3.63, 3.8) is 0 Å². The quantitative estimate of drug-likeness (QED) is 0.329. The Balaban J connectivity index is 1.61. The van der Waals surface area contributed by atoms with Crippen molar-refractivity contribution in [3.8, 4) is 0 Å². The number of nitrogens with one attached hydrogen (secondary N) is 2. The average Bonchev–Trinajstić information content (AvgIpc) is 2.81. The van der Waals surface area contributed by atoms with Gasteiger partial charge in [-0.3, -0.25) is 9.89 Å². The van der Waals surface area contributed by atoms with E-state index in [2.05, 4.69) is 15.6 Å². The van der Waals surface area contributed by atoms with Crippen LogP contribution < -0.4 is 10.6 Å². The van der Waals surface area contributed by atoms with E-state index in [1.807, 2.05) is 0 Å². The summed E-state index contributed by atoms with van der Waals surface area (Å²) in [5.41, 5.74) is 0. The van der Waals surface area contributed by atoms with Crippen LogP contribution in [0.4, 0.5) is 13.2 Å². The van der Waals surface area contributed by atoms with Gasteiger partial charge in [0.2, 0.25) is 0 Å². The molecule has 2 aliphatic rings. The third kappa shape index (κ3) is 8.27. The molecule has 0 aromatic rings. The number of ether oxygens (including phenoxy) is 1. The Morgan fingerprint density at radius 3 is 2.52 bits per heavy atom. The highest BCUT2D eigenvalue weighted by Gasteiger charge is 2.34. The van der Waals surface area contributed by atoms with Crippen LogP contribution in [-0.4, -0.2) is 69.0 Å². The second-order valence-corrected chi connectivity index (χ2v) is 6.96. The number of aliphatic imine (C=N–C) groups is 1. The summed E-state index contributed by atoms with van der Waals surface area (Å²) in [6.07, 6.45) is 4.32. The van der Waals surface area contributed by atoms with Gasteiger partial charge in [0.15, 0.2) is 5.96 Å². The minimum atomic E-state index is -4.13. The minimum absolute atomic E-state index is 0.00340. The van der Waals surface area contributed by atoms with E-state index in [9.17, 15) is 13.2 Å². The number of halogens is 3. The van der Waals surface area contributed by atoms with Gasteiger partial charge >= 0.3 is 6.18 Å². The molecule has 2 N–H and O–H groups in total. The molecule has 1 atom stereocenters. The van der Waals surface area contributed by atoms with E-state index in [-0.39, 0.29) is 6.04 Å². The predicted octanol–water partition coefficient (Wildman–Crippen LogP) is 2.53. The van der Waals surface area contributed by atoms with E-state index in [0.29, 0.717) is 44.7 Å². The topological polar surface area (TPSA) is 48.9 Å². The molecule has 1 heterocycles. The monoisotopic (exact) mass is 364 g/mol. The molecule has 146 valence electrons. The molecule has 0 spiro atoms. The summed E-state index contributed by atoms with van der Waals surface area (Å²) in [5, 5.41) is 6.39. The lowest BCUT2D eigenvalue weighted by atomic mass is 10.1. The fourth-order valence-electron chi connectivity index (χ4n) is 3.54. The number of nitrogens with zero attached hydrogens (tertiary/aromatic N) is 2. The van der Waals surface area contributed by atoms with Crippen LogP contribution >= 0.6 is 0 Å². The molecule has 1 saturated heterocycles. The summed E-state index contributed by atoms with van der Waals surface area (Å²) < 4.78 is 43.2. The van der Waals surface area contributed by atoms with Gasteiger partial charge in [0, 0.05) is 32.7 Å². The Bertz CT molecular complexity index is 409. The molecule has 8 heteroatoms. The van der Waals surface area contributed by atoms with Gasteiger partial charge < -0.3 is 15.4 Å². The number of hydrogen-bond acceptors (Lipinski definition) is 3. The first-order valence-corrected chi connectivity index (χ1v) is 9.34. The lowest BCUT2D eigenvalue weighted by Crippen LogP contribution is -2.46. The highest BCUT2D eigenvalue weighted by Crippen LogP contribution is 2.20. The van der Waals surface area contributed by atoms with Crippen molar-refractivity contribution in [2.45, 2.75) is 63.3 Å². The van der Waals surface area contributed by atoms with Crippen molar-refractivity contribution >= 4 is 5.96 Å². The molecule has 1 aliphatic heterocycles. The number of alkyl halides is 3. The molecular formula is C17H31F3N4O. The van der Waals surface area contributed by atoms with Gasteiger partial charge in [0.1, 0.15) is 0 Å². The third-order valence-corrected chi connectivity index (χ3v) is 4.79. The maximum absolute atomic E-state index is 12.4. The van der Waals surface area contributed by atoms with Crippen LogP contribution in [0, 0.1) is 0 Å². The summed E-state index contributed by atoms with van der Waals surface area (Å²) in [6.45, 7) is 1.27. The zero-order valence-electron chi connectivity index (χ0n) is 15.1. The second kappa shape index (κ2) is 10.2. The van der Waals surface area contributed by atoms with Crippen molar-refractivity contribution in [2.75, 3.05) is 39.8 Å². The third-order valence-electron chi connectivity index (χ3n) is 4.79. The van der Waals surface area contributed by atoms with E-state index in [1.54, 1.807) is 7.05 Å². The zero-order valence-corrected chi connectivity index (χ0v) is 15.1. The van der Waals surface area contributed by atoms with E-state index < -0.39 is 12.7 Å². The van der Waals surface area contributed by atoms with Gasteiger partial charge in [-0.1, -0.05) is 25.7 Å². The van der Waals surface area contributed by atoms with Gasteiger partial charge in [-0.05, 0) is 19.3 Å². The molecule has 0 aromatic heterocycles. The van der Waals surface area contributed by atoms with Crippen molar-refractivity contribution in [3.05, 3.63) is 0 Å². The van der Waals surface area contributed by atoms with Crippen LogP contribution in [0.1, 0.15) is 44.9 Å². The largest absolute Gasteiger partial charge is 0.401 e. The Kier molecular flexibility index (Phi) is 8.29. The molecule has 1 aliphatic carbocycles. The van der Waals surface area contributed by atoms with E-state index in [4.69, 9.17) is 4.74 Å². The van der Waals surface area contributed by atoms with Crippen LogP contribution in [-0.2, 0) is 4.74 Å². The number of hydrogen-bond donors (Lipinski definition) is 2. The average molecular weight is 364 g/mol. The summed E-state index contributed by atoms with van der Waals surface area (Å²) in [5.74, 6) is 0.628. The fourth-order valence-corrected chi connectivity index (χ4v) is 3.54. The van der Waals surface area contributed by atoms with E-state index >= 15 is 0 Å². The summed E-state index contributed by atoms with van der Waals surface area (Å²) in [7, 11) is 1.67. The van der Waals surface area contributed by atoms with Gasteiger partial charge in [0.05, 0.1) is 19.3 Å². The molecule has 1 unspecified atom stereocenters. The molecular weight excluding hydrogens is 333 g/mol. The Labute approximate surface area is 148 Å². The SMILES string of the molecule is CN=C(NCCOC1CCCCCC1)NC1CCN(CC(F)(F)F)C1. The van der Waals surface area contributed by atoms with Gasteiger partial charge in [0.25, 0.3) is 0 Å². The normalized spacial score (nSPS) is 24.3. The Morgan fingerprint density at radius 1 is 1.16 bits per heavy atom. The predicted molar refractivity (Wildman–Crippen MR) is 92.8 cm³/mol. The van der Waals surface area contributed by atoms with Crippen molar-refractivity contribution < 1.29 is 17.9 Å². The van der Waals surface area contributed by atoms with Crippen LogP contribution in [0.2, 0.25) is 0 Å². The van der Waals surface area contributed by atoms with Crippen LogP contribution in [0.15, 0.2) is 4.99 Å². The first-order chi connectivity index (χ1) is 12.0. The smallest absolute Gasteiger partial charge is 0.376 e. The standard InChI is InChI=1S/C17H31F3N4O/c1-21-16(22-9-11-25-15-6-4-2-3-5-7-15)23-14-8-10-24(12-14)13-17(18,19)20/h14-15H,2-13H2,1H3,(H2,21,22,23). The van der Waals surface area contributed by atoms with Crippen LogP contribution in [0.5, 0.6) is 0 Å². The van der Waals surface area contributed by atoms with Crippen LogP contribution in [0.25, 0.3) is 0 Å². The molecule has 2 rings (SSSR count). The molecule has 25 heavy (non-hydrogen) atoms. The lowest BCUT2D eigenvalue weighted by molar-refractivity contribution is -0.143. The Morgan fingerprint density at radius 2 is 1.88 bits per heavy atom. The first-order valence-electron chi connectivity index (χ1n) is 9.34. The van der Waals surface area contributed by atoms with Crippen molar-refractivity contribution in [1.29, 1.82) is 0 Å². The fraction of sp³-hybridized carbons (Fsp3) is 0.941. The second-order valence-electron chi connectivity index (χ2n) is 6.96. The summed E-state index contributed by atoms with van der Waals surface area (Å²) >= 11 is 0. The van der Waals surface area contributed by atoms with E-state index in [1.165, 1.54) is 30.6 Å². The molecule has 5 nitrogen and oxygen atoms in total. The van der Waals surface area contributed by atoms with Gasteiger partial charge in [-0.15, -0.1) is 0 Å². The maximum atomic E-state index is 12.4. The van der Waals surface area contributed by atoms with Crippen molar-refractivity contribution in [1.82, 2.24) is 15.5 Å². The molecule has 0 aromatic carbocycles. The van der Waals surface area contributed by atoms with E-state index in [0.717, 1.165) is 12.8 Å². The summed E-state index contributed by atoms with van der Waals surface area (Å²) in [4.78, 5) is 5.58.